The van der Waals surface area contributed by atoms with Crippen LogP contribution in [0.3, 0.4) is 0 Å². The van der Waals surface area contributed by atoms with Crippen molar-refractivity contribution >= 4 is 6.09 Å². The van der Waals surface area contributed by atoms with E-state index in [9.17, 15) is 4.79 Å². The highest BCUT2D eigenvalue weighted by Crippen LogP contribution is 2.06. The number of aliphatic hydroxyl groups is 2. The summed E-state index contributed by atoms with van der Waals surface area (Å²) in [7, 11) is 0. The number of ether oxygens (including phenoxy) is 1. The lowest BCUT2D eigenvalue weighted by Crippen LogP contribution is -2.43. The molecule has 0 spiro atoms. The molecule has 1 fully saturated rings. The predicted octanol–water partition coefficient (Wildman–Crippen LogP) is -1.20. The van der Waals surface area contributed by atoms with Crippen molar-refractivity contribution in [1.82, 2.24) is 5.32 Å². The lowest BCUT2D eigenvalue weighted by atomic mass is 10.2. The first-order valence-corrected chi connectivity index (χ1v) is 3.01. The second-order valence-corrected chi connectivity index (χ2v) is 2.07. The molecule has 0 unspecified atom stereocenters. The molecule has 1 amide bonds. The van der Waals surface area contributed by atoms with Crippen LogP contribution in [0.15, 0.2) is 0 Å². The normalized spacial score (nSPS) is 25.9. The van der Waals surface area contributed by atoms with Crippen LogP contribution in [-0.4, -0.2) is 35.2 Å². The molecule has 5 heteroatoms. The van der Waals surface area contributed by atoms with Gasteiger partial charge in [0, 0.05) is 13.0 Å². The van der Waals surface area contributed by atoms with E-state index in [1.54, 1.807) is 0 Å². The van der Waals surface area contributed by atoms with Gasteiger partial charge in [0.1, 0.15) is 0 Å². The fourth-order valence-electron chi connectivity index (χ4n) is 0.764. The van der Waals surface area contributed by atoms with Crippen molar-refractivity contribution in [3.05, 3.63) is 0 Å². The van der Waals surface area contributed by atoms with Gasteiger partial charge in [0.15, 0.2) is 12.4 Å². The molecular weight excluding hydrogens is 138 g/mol. The second kappa shape index (κ2) is 2.85. The molecule has 1 aliphatic heterocycles. The number of cyclic esters (lactones) is 1. The number of aliphatic hydroxyl groups excluding tert-OH is 1. The molecule has 10 heavy (non-hydrogen) atoms. The lowest BCUT2D eigenvalue weighted by molar-refractivity contribution is -0.130. The summed E-state index contributed by atoms with van der Waals surface area (Å²) in [5.41, 5.74) is 0. The smallest absolute Gasteiger partial charge is 0.407 e. The third kappa shape index (κ3) is 1.58. The Morgan fingerprint density at radius 3 is 2.80 bits per heavy atom. The highest BCUT2D eigenvalue weighted by molar-refractivity contribution is 5.68. The zero-order valence-corrected chi connectivity index (χ0v) is 5.28. The van der Waals surface area contributed by atoms with Gasteiger partial charge in [-0.25, -0.2) is 4.79 Å². The van der Waals surface area contributed by atoms with Crippen molar-refractivity contribution in [2.45, 2.75) is 18.8 Å². The molecular formula is C5H9NO4. The molecule has 0 saturated carbocycles. The molecule has 58 valence electrons. The molecule has 1 rings (SSSR count). The molecule has 0 radical (unpaired) electrons. The Labute approximate surface area is 57.6 Å². The number of nitrogens with one attached hydrogen (secondary N) is 1. The molecule has 0 bridgehead atoms. The summed E-state index contributed by atoms with van der Waals surface area (Å²) in [5.74, 6) is 0. The fourth-order valence-corrected chi connectivity index (χ4v) is 0.764. The van der Waals surface area contributed by atoms with Gasteiger partial charge in [-0.05, 0) is 0 Å². The summed E-state index contributed by atoms with van der Waals surface area (Å²) >= 11 is 0. The summed E-state index contributed by atoms with van der Waals surface area (Å²) in [4.78, 5) is 10.4. The Morgan fingerprint density at radius 2 is 2.40 bits per heavy atom. The van der Waals surface area contributed by atoms with E-state index in [0.29, 0.717) is 13.0 Å². The van der Waals surface area contributed by atoms with Crippen LogP contribution in [0.5, 0.6) is 0 Å². The minimum atomic E-state index is -1.56. The molecule has 0 aliphatic carbocycles. The zero-order valence-electron chi connectivity index (χ0n) is 5.28. The van der Waals surface area contributed by atoms with Crippen molar-refractivity contribution < 1.29 is 19.7 Å². The summed E-state index contributed by atoms with van der Waals surface area (Å²) in [6.07, 6.45) is -2.49. The fraction of sp³-hybridized carbons (Fsp3) is 0.800. The number of rotatable bonds is 1. The van der Waals surface area contributed by atoms with Crippen LogP contribution in [-0.2, 0) is 4.74 Å². The van der Waals surface area contributed by atoms with E-state index in [-0.39, 0.29) is 0 Å². The van der Waals surface area contributed by atoms with Gasteiger partial charge in [-0.2, -0.15) is 0 Å². The number of carbonyl (C=O) groups excluding carboxylic acids is 1. The van der Waals surface area contributed by atoms with Crippen molar-refractivity contribution in [3.63, 3.8) is 0 Å². The largest absolute Gasteiger partial charge is 0.441 e. The Balaban J connectivity index is 2.39. The molecule has 0 aromatic carbocycles. The molecule has 0 aromatic heterocycles. The molecule has 1 heterocycles. The van der Waals surface area contributed by atoms with Gasteiger partial charge in [0.05, 0.1) is 0 Å². The molecule has 3 N–H and O–H groups in total. The number of hydrogen-bond acceptors (Lipinski definition) is 4. The first-order chi connectivity index (χ1) is 4.70. The van der Waals surface area contributed by atoms with Crippen LogP contribution in [0.2, 0.25) is 0 Å². The number of hydrogen-bond donors (Lipinski definition) is 3. The lowest BCUT2D eigenvalue weighted by Gasteiger charge is -2.23. The van der Waals surface area contributed by atoms with Crippen LogP contribution in [0, 0.1) is 0 Å². The van der Waals surface area contributed by atoms with Crippen molar-refractivity contribution in [2.24, 2.45) is 0 Å². The number of amides is 1. The van der Waals surface area contributed by atoms with E-state index in [1.165, 1.54) is 0 Å². The first-order valence-electron chi connectivity index (χ1n) is 3.01. The molecule has 1 saturated heterocycles. The Hall–Kier alpha value is -0.810. The van der Waals surface area contributed by atoms with Crippen molar-refractivity contribution in [3.8, 4) is 0 Å². The molecule has 5 nitrogen and oxygen atoms in total. The van der Waals surface area contributed by atoms with Crippen molar-refractivity contribution in [1.29, 1.82) is 0 Å². The van der Waals surface area contributed by atoms with E-state index in [0.717, 1.165) is 0 Å². The minimum absolute atomic E-state index is 0.432. The number of alkyl carbamates (subject to hydrolysis) is 1. The van der Waals surface area contributed by atoms with E-state index in [2.05, 4.69) is 10.1 Å². The van der Waals surface area contributed by atoms with Gasteiger partial charge >= 0.3 is 6.09 Å². The topological polar surface area (TPSA) is 78.8 Å². The van der Waals surface area contributed by atoms with Crippen LogP contribution >= 0.6 is 0 Å². The van der Waals surface area contributed by atoms with E-state index in [4.69, 9.17) is 10.2 Å². The molecule has 1 atom stereocenters. The van der Waals surface area contributed by atoms with E-state index in [1.807, 2.05) is 0 Å². The monoisotopic (exact) mass is 147 g/mol. The second-order valence-electron chi connectivity index (χ2n) is 2.07. The minimum Gasteiger partial charge on any atom is -0.441 e. The maximum Gasteiger partial charge on any atom is 0.407 e. The SMILES string of the molecule is O=C1NCC[C@@H](C(O)O)O1. The Morgan fingerprint density at radius 1 is 1.70 bits per heavy atom. The summed E-state index contributed by atoms with van der Waals surface area (Å²) < 4.78 is 4.50. The van der Waals surface area contributed by atoms with Crippen LogP contribution in [0.1, 0.15) is 6.42 Å². The highest BCUT2D eigenvalue weighted by Gasteiger charge is 2.24. The van der Waals surface area contributed by atoms with Gasteiger partial charge in [-0.15, -0.1) is 0 Å². The summed E-state index contributed by atoms with van der Waals surface area (Å²) in [6.45, 7) is 0.432. The first kappa shape index (κ1) is 7.30. The maximum atomic E-state index is 10.4. The number of carbonyl (C=O) groups is 1. The quantitative estimate of drug-likeness (QED) is 0.407. The molecule has 1 aliphatic rings. The van der Waals surface area contributed by atoms with Gasteiger partial charge in [0.25, 0.3) is 0 Å². The molecule has 0 aromatic rings. The van der Waals surface area contributed by atoms with E-state index >= 15 is 0 Å². The van der Waals surface area contributed by atoms with Crippen molar-refractivity contribution in [2.75, 3.05) is 6.54 Å². The van der Waals surface area contributed by atoms with Crippen LogP contribution in [0.4, 0.5) is 4.79 Å². The van der Waals surface area contributed by atoms with Gasteiger partial charge < -0.3 is 20.3 Å². The summed E-state index contributed by atoms with van der Waals surface area (Å²) in [6, 6.07) is 0. The van der Waals surface area contributed by atoms with Crippen LogP contribution in [0.25, 0.3) is 0 Å². The average molecular weight is 147 g/mol. The Bertz CT molecular complexity index is 136. The highest BCUT2D eigenvalue weighted by atomic mass is 16.6. The van der Waals surface area contributed by atoms with Gasteiger partial charge in [-0.3, -0.25) is 0 Å². The Kier molecular flexibility index (Phi) is 2.08. The average Bonchev–Trinajstić information content (AvgIpc) is 1.88. The zero-order chi connectivity index (χ0) is 7.56. The maximum absolute atomic E-state index is 10.4. The summed E-state index contributed by atoms with van der Waals surface area (Å²) in [5, 5.41) is 19.5. The van der Waals surface area contributed by atoms with E-state index < -0.39 is 18.5 Å². The third-order valence-corrected chi connectivity index (χ3v) is 1.29. The predicted molar refractivity (Wildman–Crippen MR) is 31.1 cm³/mol. The van der Waals surface area contributed by atoms with Gasteiger partial charge in [0.2, 0.25) is 0 Å². The van der Waals surface area contributed by atoms with Crippen LogP contribution < -0.4 is 5.32 Å². The van der Waals surface area contributed by atoms with Gasteiger partial charge in [-0.1, -0.05) is 0 Å². The third-order valence-electron chi connectivity index (χ3n) is 1.29. The standard InChI is InChI=1S/C5H9NO4/c7-4(8)3-1-2-6-5(9)10-3/h3-4,7-8H,1-2H2,(H,6,9)/t3-/m0/s1.